The minimum atomic E-state index is 0.0553. The molecule has 1 aromatic carbocycles. The molecule has 5 nitrogen and oxygen atoms in total. The zero-order valence-electron chi connectivity index (χ0n) is 14.0. The van der Waals surface area contributed by atoms with Gasteiger partial charge < -0.3 is 14.5 Å². The molecule has 6 heteroatoms. The fourth-order valence-corrected chi connectivity index (χ4v) is 4.57. The van der Waals surface area contributed by atoms with Crippen LogP contribution < -0.4 is 4.90 Å². The van der Waals surface area contributed by atoms with Crippen LogP contribution in [-0.2, 0) is 16.1 Å². The van der Waals surface area contributed by atoms with E-state index in [1.165, 1.54) is 11.3 Å². The number of carbonyl (C=O) groups excluding carboxylic acids is 1. The van der Waals surface area contributed by atoms with E-state index in [1.54, 1.807) is 24.2 Å². The molecule has 0 N–H and O–H groups in total. The van der Waals surface area contributed by atoms with E-state index >= 15 is 0 Å². The Bertz CT molecular complexity index is 734. The van der Waals surface area contributed by atoms with Gasteiger partial charge in [-0.15, -0.1) is 11.8 Å². The lowest BCUT2D eigenvalue weighted by Crippen LogP contribution is -2.37. The quantitative estimate of drug-likeness (QED) is 0.844. The van der Waals surface area contributed by atoms with Crippen molar-refractivity contribution in [2.75, 3.05) is 37.0 Å². The van der Waals surface area contributed by atoms with Crippen molar-refractivity contribution in [3.8, 4) is 0 Å². The highest BCUT2D eigenvalue weighted by molar-refractivity contribution is 8.00. The second-order valence-corrected chi connectivity index (χ2v) is 7.27. The van der Waals surface area contributed by atoms with Crippen LogP contribution in [0.4, 0.5) is 5.69 Å². The Kier molecular flexibility index (Phi) is 4.90. The Morgan fingerprint density at radius 1 is 1.12 bits per heavy atom. The first-order valence-corrected chi connectivity index (χ1v) is 9.59. The van der Waals surface area contributed by atoms with Crippen LogP contribution in [-0.4, -0.2) is 47.8 Å². The van der Waals surface area contributed by atoms with Crippen molar-refractivity contribution in [2.24, 2.45) is 0 Å². The normalized spacial score (nSPS) is 21.0. The highest BCUT2D eigenvalue weighted by Gasteiger charge is 2.34. The molecular formula is C19H21N3O2S. The Balaban J connectivity index is 1.62. The number of morpholine rings is 1. The summed E-state index contributed by atoms with van der Waals surface area (Å²) in [6.07, 6.45) is 3.55. The number of amides is 1. The van der Waals surface area contributed by atoms with Crippen molar-refractivity contribution in [1.29, 1.82) is 0 Å². The molecule has 0 spiro atoms. The smallest absolute Gasteiger partial charge is 0.234 e. The van der Waals surface area contributed by atoms with Gasteiger partial charge >= 0.3 is 0 Å². The number of hydrogen-bond donors (Lipinski definition) is 0. The minimum Gasteiger partial charge on any atom is -0.378 e. The van der Waals surface area contributed by atoms with E-state index in [2.05, 4.69) is 34.1 Å². The van der Waals surface area contributed by atoms with Crippen molar-refractivity contribution >= 4 is 23.4 Å². The number of hydrogen-bond acceptors (Lipinski definition) is 5. The number of para-hydroxylation sites is 1. The summed E-state index contributed by atoms with van der Waals surface area (Å²) in [7, 11) is 0. The molecule has 3 heterocycles. The minimum absolute atomic E-state index is 0.0553. The molecule has 0 saturated carbocycles. The second kappa shape index (κ2) is 7.45. The molecule has 1 aromatic heterocycles. The van der Waals surface area contributed by atoms with Crippen molar-refractivity contribution in [3.05, 3.63) is 59.9 Å². The Morgan fingerprint density at radius 2 is 1.88 bits per heavy atom. The molecule has 0 aliphatic carbocycles. The van der Waals surface area contributed by atoms with Crippen LogP contribution in [0.1, 0.15) is 16.5 Å². The number of anilines is 1. The topological polar surface area (TPSA) is 45.7 Å². The Hall–Kier alpha value is -2.05. The summed E-state index contributed by atoms with van der Waals surface area (Å²) in [5.74, 6) is 0.733. The SMILES string of the molecule is O=C1CSC(c2ccccc2N2CCOCC2)N1Cc1ccncc1. The van der Waals surface area contributed by atoms with Gasteiger partial charge in [-0.05, 0) is 23.8 Å². The zero-order chi connectivity index (χ0) is 17.1. The van der Waals surface area contributed by atoms with Gasteiger partial charge in [-0.1, -0.05) is 18.2 Å². The van der Waals surface area contributed by atoms with E-state index < -0.39 is 0 Å². The largest absolute Gasteiger partial charge is 0.378 e. The summed E-state index contributed by atoms with van der Waals surface area (Å²) < 4.78 is 5.49. The average molecular weight is 355 g/mol. The molecule has 130 valence electrons. The van der Waals surface area contributed by atoms with E-state index in [4.69, 9.17) is 4.74 Å². The summed E-state index contributed by atoms with van der Waals surface area (Å²) in [6, 6.07) is 12.4. The lowest BCUT2D eigenvalue weighted by atomic mass is 10.1. The van der Waals surface area contributed by atoms with Gasteiger partial charge in [-0.25, -0.2) is 0 Å². The van der Waals surface area contributed by atoms with Crippen molar-refractivity contribution in [3.63, 3.8) is 0 Å². The lowest BCUT2D eigenvalue weighted by molar-refractivity contribution is -0.128. The first-order valence-electron chi connectivity index (χ1n) is 8.54. The van der Waals surface area contributed by atoms with Crippen LogP contribution in [0, 0.1) is 0 Å². The molecule has 2 fully saturated rings. The standard InChI is InChI=1S/C19H21N3O2S/c23-18-14-25-19(22(18)13-15-5-7-20-8-6-15)16-3-1-2-4-17(16)21-9-11-24-12-10-21/h1-8,19H,9-14H2. The summed E-state index contributed by atoms with van der Waals surface area (Å²) in [4.78, 5) is 20.9. The van der Waals surface area contributed by atoms with Crippen LogP contribution >= 0.6 is 11.8 Å². The highest BCUT2D eigenvalue weighted by atomic mass is 32.2. The number of nitrogens with zero attached hydrogens (tertiary/aromatic N) is 3. The molecule has 0 bridgehead atoms. The number of pyridine rings is 1. The Morgan fingerprint density at radius 3 is 2.68 bits per heavy atom. The zero-order valence-corrected chi connectivity index (χ0v) is 14.8. The first-order chi connectivity index (χ1) is 12.3. The molecule has 2 aliphatic heterocycles. The van der Waals surface area contributed by atoms with Crippen molar-refractivity contribution < 1.29 is 9.53 Å². The highest BCUT2D eigenvalue weighted by Crippen LogP contribution is 2.43. The molecule has 25 heavy (non-hydrogen) atoms. The van der Waals surface area contributed by atoms with E-state index in [1.807, 2.05) is 17.0 Å². The van der Waals surface area contributed by atoms with Crippen LogP contribution in [0.5, 0.6) is 0 Å². The summed E-state index contributed by atoms with van der Waals surface area (Å²) in [5, 5.41) is 0.0553. The third-order valence-electron chi connectivity index (χ3n) is 4.62. The average Bonchev–Trinajstić information content (AvgIpc) is 3.04. The van der Waals surface area contributed by atoms with E-state index in [9.17, 15) is 4.79 Å². The van der Waals surface area contributed by atoms with Gasteiger partial charge in [0.1, 0.15) is 5.37 Å². The van der Waals surface area contributed by atoms with Crippen molar-refractivity contribution in [2.45, 2.75) is 11.9 Å². The van der Waals surface area contributed by atoms with Gasteiger partial charge in [-0.3, -0.25) is 9.78 Å². The van der Waals surface area contributed by atoms with E-state index in [-0.39, 0.29) is 11.3 Å². The number of rotatable bonds is 4. The molecule has 0 radical (unpaired) electrons. The predicted octanol–water partition coefficient (Wildman–Crippen LogP) is 2.69. The fourth-order valence-electron chi connectivity index (χ4n) is 3.36. The molecule has 2 aliphatic rings. The lowest BCUT2D eigenvalue weighted by Gasteiger charge is -2.33. The van der Waals surface area contributed by atoms with Crippen LogP contribution in [0.2, 0.25) is 0 Å². The maximum Gasteiger partial charge on any atom is 0.234 e. The number of carbonyl (C=O) groups is 1. The monoisotopic (exact) mass is 355 g/mol. The van der Waals surface area contributed by atoms with Gasteiger partial charge in [0, 0.05) is 43.3 Å². The number of thioether (sulfide) groups is 1. The second-order valence-electron chi connectivity index (χ2n) is 6.20. The number of aromatic nitrogens is 1. The van der Waals surface area contributed by atoms with Gasteiger partial charge in [0.2, 0.25) is 5.91 Å². The summed E-state index contributed by atoms with van der Waals surface area (Å²) in [5.41, 5.74) is 3.55. The molecule has 1 atom stereocenters. The third-order valence-corrected chi connectivity index (χ3v) is 5.86. The van der Waals surface area contributed by atoms with Gasteiger partial charge in [0.05, 0.1) is 19.0 Å². The van der Waals surface area contributed by atoms with E-state index in [0.717, 1.165) is 31.9 Å². The summed E-state index contributed by atoms with van der Waals surface area (Å²) in [6.45, 7) is 3.92. The van der Waals surface area contributed by atoms with E-state index in [0.29, 0.717) is 12.3 Å². The molecule has 2 saturated heterocycles. The Labute approximate surface area is 152 Å². The number of ether oxygens (including phenoxy) is 1. The molecule has 2 aromatic rings. The maximum absolute atomic E-state index is 12.5. The summed E-state index contributed by atoms with van der Waals surface area (Å²) >= 11 is 1.71. The van der Waals surface area contributed by atoms with Gasteiger partial charge in [0.15, 0.2) is 0 Å². The third kappa shape index (κ3) is 3.50. The molecule has 4 rings (SSSR count). The fraction of sp³-hybridized carbons (Fsp3) is 0.368. The maximum atomic E-state index is 12.5. The van der Waals surface area contributed by atoms with Gasteiger partial charge in [-0.2, -0.15) is 0 Å². The van der Waals surface area contributed by atoms with Gasteiger partial charge in [0.25, 0.3) is 0 Å². The predicted molar refractivity (Wildman–Crippen MR) is 99.5 cm³/mol. The van der Waals surface area contributed by atoms with Crippen molar-refractivity contribution in [1.82, 2.24) is 9.88 Å². The number of benzene rings is 1. The first kappa shape index (κ1) is 16.4. The molecule has 1 unspecified atom stereocenters. The van der Waals surface area contributed by atoms with Crippen LogP contribution in [0.15, 0.2) is 48.8 Å². The van der Waals surface area contributed by atoms with Crippen LogP contribution in [0.3, 0.4) is 0 Å². The van der Waals surface area contributed by atoms with Crippen LogP contribution in [0.25, 0.3) is 0 Å². The molecule has 1 amide bonds. The molecular weight excluding hydrogens is 334 g/mol.